The Morgan fingerprint density at radius 3 is 2.70 bits per heavy atom. The summed E-state index contributed by atoms with van der Waals surface area (Å²) in [6, 6.07) is 0. The standard InChI is InChI=1S/C13H21N3O3S/c1-2-17-13-15-14-11(20-13)9-16-5-3-10(4-6-16)12-18-7-8-19-12/h10,12H,2-9H2,1H3. The topological polar surface area (TPSA) is 56.7 Å². The van der Waals surface area contributed by atoms with Gasteiger partial charge in [-0.2, -0.15) is 0 Å². The van der Waals surface area contributed by atoms with Crippen LogP contribution in [0.4, 0.5) is 0 Å². The molecule has 2 aliphatic rings. The van der Waals surface area contributed by atoms with E-state index in [4.69, 9.17) is 14.2 Å². The number of nitrogens with zero attached hydrogens (tertiary/aromatic N) is 3. The van der Waals surface area contributed by atoms with Gasteiger partial charge in [0.1, 0.15) is 5.01 Å². The highest BCUT2D eigenvalue weighted by molar-refractivity contribution is 7.13. The third-order valence-electron chi connectivity index (χ3n) is 3.74. The molecule has 2 aliphatic heterocycles. The van der Waals surface area contributed by atoms with E-state index in [1.54, 1.807) is 11.3 Å². The highest BCUT2D eigenvalue weighted by Crippen LogP contribution is 2.27. The van der Waals surface area contributed by atoms with E-state index in [-0.39, 0.29) is 6.29 Å². The van der Waals surface area contributed by atoms with Crippen molar-refractivity contribution >= 4 is 11.3 Å². The van der Waals surface area contributed by atoms with Crippen molar-refractivity contribution in [2.75, 3.05) is 32.9 Å². The van der Waals surface area contributed by atoms with E-state index in [1.807, 2.05) is 6.92 Å². The molecule has 0 N–H and O–H groups in total. The molecule has 0 aliphatic carbocycles. The molecule has 0 amide bonds. The molecule has 0 bridgehead atoms. The fraction of sp³-hybridized carbons (Fsp3) is 0.846. The van der Waals surface area contributed by atoms with Gasteiger partial charge in [0.15, 0.2) is 6.29 Å². The van der Waals surface area contributed by atoms with Crippen molar-refractivity contribution in [1.82, 2.24) is 15.1 Å². The molecule has 2 saturated heterocycles. The van der Waals surface area contributed by atoms with Crippen LogP contribution in [0.5, 0.6) is 5.19 Å². The third kappa shape index (κ3) is 3.46. The largest absolute Gasteiger partial charge is 0.469 e. The maximum atomic E-state index is 5.60. The lowest BCUT2D eigenvalue weighted by Crippen LogP contribution is -2.37. The van der Waals surface area contributed by atoms with Gasteiger partial charge < -0.3 is 14.2 Å². The Bertz CT molecular complexity index is 415. The molecule has 0 spiro atoms. The van der Waals surface area contributed by atoms with Crippen LogP contribution in [0.2, 0.25) is 0 Å². The molecule has 112 valence electrons. The van der Waals surface area contributed by atoms with Gasteiger partial charge >= 0.3 is 0 Å². The number of hydrogen-bond donors (Lipinski definition) is 0. The summed E-state index contributed by atoms with van der Waals surface area (Å²) in [6.07, 6.45) is 2.28. The summed E-state index contributed by atoms with van der Waals surface area (Å²) in [5.74, 6) is 0.544. The van der Waals surface area contributed by atoms with Crippen LogP contribution in [0.1, 0.15) is 24.8 Å². The fourth-order valence-corrected chi connectivity index (χ4v) is 3.50. The second-order valence-electron chi connectivity index (χ2n) is 5.12. The van der Waals surface area contributed by atoms with E-state index >= 15 is 0 Å². The molecular weight excluding hydrogens is 278 g/mol. The van der Waals surface area contributed by atoms with Crippen molar-refractivity contribution < 1.29 is 14.2 Å². The highest BCUT2D eigenvalue weighted by atomic mass is 32.1. The summed E-state index contributed by atoms with van der Waals surface area (Å²) in [5.41, 5.74) is 0. The van der Waals surface area contributed by atoms with Crippen molar-refractivity contribution in [2.24, 2.45) is 5.92 Å². The van der Waals surface area contributed by atoms with Crippen molar-refractivity contribution in [3.05, 3.63) is 5.01 Å². The molecule has 1 aromatic rings. The lowest BCUT2D eigenvalue weighted by Gasteiger charge is -2.33. The maximum Gasteiger partial charge on any atom is 0.294 e. The van der Waals surface area contributed by atoms with Gasteiger partial charge in [0.2, 0.25) is 0 Å². The second-order valence-corrected chi connectivity index (χ2v) is 6.14. The summed E-state index contributed by atoms with van der Waals surface area (Å²) in [6.45, 7) is 7.09. The Balaban J connectivity index is 1.45. The molecule has 20 heavy (non-hydrogen) atoms. The quantitative estimate of drug-likeness (QED) is 0.821. The van der Waals surface area contributed by atoms with E-state index in [2.05, 4.69) is 15.1 Å². The maximum absolute atomic E-state index is 5.60. The lowest BCUT2D eigenvalue weighted by molar-refractivity contribution is -0.0977. The molecule has 0 unspecified atom stereocenters. The molecule has 2 fully saturated rings. The van der Waals surface area contributed by atoms with Crippen molar-refractivity contribution in [3.8, 4) is 5.19 Å². The van der Waals surface area contributed by atoms with Crippen LogP contribution in [-0.4, -0.2) is 54.3 Å². The minimum atomic E-state index is 0.0308. The van der Waals surface area contributed by atoms with Crippen LogP contribution in [0.25, 0.3) is 0 Å². The number of hydrogen-bond acceptors (Lipinski definition) is 7. The number of ether oxygens (including phenoxy) is 3. The Kier molecular flexibility index (Phi) is 4.82. The molecule has 0 saturated carbocycles. The summed E-state index contributed by atoms with van der Waals surface area (Å²) < 4.78 is 16.6. The minimum absolute atomic E-state index is 0.0308. The van der Waals surface area contributed by atoms with Gasteiger partial charge in [-0.1, -0.05) is 11.3 Å². The van der Waals surface area contributed by atoms with Crippen LogP contribution in [0.15, 0.2) is 0 Å². The smallest absolute Gasteiger partial charge is 0.294 e. The SMILES string of the molecule is CCOc1nnc(CN2CCC(C3OCCO3)CC2)s1. The zero-order chi connectivity index (χ0) is 13.8. The Hall–Kier alpha value is -0.760. The lowest BCUT2D eigenvalue weighted by atomic mass is 9.96. The Morgan fingerprint density at radius 2 is 2.00 bits per heavy atom. The Morgan fingerprint density at radius 1 is 1.25 bits per heavy atom. The number of aromatic nitrogens is 2. The first-order valence-electron chi connectivity index (χ1n) is 7.26. The summed E-state index contributed by atoms with van der Waals surface area (Å²) in [5, 5.41) is 9.91. The van der Waals surface area contributed by atoms with Crippen LogP contribution in [-0.2, 0) is 16.0 Å². The van der Waals surface area contributed by atoms with Gasteiger partial charge in [-0.3, -0.25) is 4.90 Å². The normalized spacial score (nSPS) is 22.4. The molecule has 0 aromatic carbocycles. The van der Waals surface area contributed by atoms with Gasteiger partial charge in [0.05, 0.1) is 26.4 Å². The number of rotatable bonds is 5. The zero-order valence-corrected chi connectivity index (χ0v) is 12.6. The molecule has 0 radical (unpaired) electrons. The van der Waals surface area contributed by atoms with E-state index in [0.717, 1.165) is 50.7 Å². The number of likely N-dealkylation sites (tertiary alicyclic amines) is 1. The van der Waals surface area contributed by atoms with E-state index < -0.39 is 0 Å². The first-order chi connectivity index (χ1) is 9.85. The van der Waals surface area contributed by atoms with Gasteiger partial charge in [-0.05, 0) is 32.9 Å². The molecule has 1 aromatic heterocycles. The van der Waals surface area contributed by atoms with Crippen LogP contribution < -0.4 is 4.74 Å². The first-order valence-corrected chi connectivity index (χ1v) is 8.07. The highest BCUT2D eigenvalue weighted by Gasteiger charge is 2.30. The van der Waals surface area contributed by atoms with Gasteiger partial charge in [0.25, 0.3) is 5.19 Å². The predicted molar refractivity (Wildman–Crippen MR) is 74.8 cm³/mol. The first kappa shape index (κ1) is 14.2. The zero-order valence-electron chi connectivity index (χ0n) is 11.8. The monoisotopic (exact) mass is 299 g/mol. The van der Waals surface area contributed by atoms with E-state index in [0.29, 0.717) is 17.7 Å². The van der Waals surface area contributed by atoms with Crippen molar-refractivity contribution in [2.45, 2.75) is 32.6 Å². The van der Waals surface area contributed by atoms with Crippen molar-refractivity contribution in [3.63, 3.8) is 0 Å². The summed E-state index contributed by atoms with van der Waals surface area (Å²) >= 11 is 1.54. The molecular formula is C13H21N3O3S. The van der Waals surface area contributed by atoms with Crippen LogP contribution in [0.3, 0.4) is 0 Å². The summed E-state index contributed by atoms with van der Waals surface area (Å²) in [4.78, 5) is 2.42. The Labute approximate surface area is 123 Å². The van der Waals surface area contributed by atoms with E-state index in [9.17, 15) is 0 Å². The third-order valence-corrected chi connectivity index (χ3v) is 4.56. The van der Waals surface area contributed by atoms with Gasteiger partial charge in [0, 0.05) is 5.92 Å². The molecule has 0 atom stereocenters. The van der Waals surface area contributed by atoms with E-state index in [1.165, 1.54) is 0 Å². The minimum Gasteiger partial charge on any atom is -0.469 e. The van der Waals surface area contributed by atoms with Crippen LogP contribution in [0, 0.1) is 5.92 Å². The average Bonchev–Trinajstić information content (AvgIpc) is 3.12. The molecule has 3 heterocycles. The fourth-order valence-electron chi connectivity index (χ4n) is 2.71. The predicted octanol–water partition coefficient (Wildman–Crippen LogP) is 1.52. The van der Waals surface area contributed by atoms with Gasteiger partial charge in [-0.25, -0.2) is 0 Å². The van der Waals surface area contributed by atoms with Crippen LogP contribution >= 0.6 is 11.3 Å². The number of piperidine rings is 1. The average molecular weight is 299 g/mol. The molecule has 6 nitrogen and oxygen atoms in total. The second kappa shape index (κ2) is 6.80. The molecule has 3 rings (SSSR count). The van der Waals surface area contributed by atoms with Crippen molar-refractivity contribution in [1.29, 1.82) is 0 Å². The van der Waals surface area contributed by atoms with Gasteiger partial charge in [-0.15, -0.1) is 10.2 Å². The molecule has 7 heteroatoms. The summed E-state index contributed by atoms with van der Waals surface area (Å²) in [7, 11) is 0.